The lowest BCUT2D eigenvalue weighted by Gasteiger charge is -2.26. The van der Waals surface area contributed by atoms with E-state index in [9.17, 15) is 4.79 Å². The number of amides is 1. The average Bonchev–Trinajstić information content (AvgIpc) is 3.39. The molecule has 3 aromatic rings. The molecule has 158 valence electrons. The summed E-state index contributed by atoms with van der Waals surface area (Å²) in [5.41, 5.74) is 3.11. The van der Waals surface area contributed by atoms with Gasteiger partial charge < -0.3 is 10.1 Å². The van der Waals surface area contributed by atoms with Crippen molar-refractivity contribution in [3.05, 3.63) is 45.9 Å². The molecule has 3 heterocycles. The summed E-state index contributed by atoms with van der Waals surface area (Å²) in [6.07, 6.45) is 0.223. The van der Waals surface area contributed by atoms with Gasteiger partial charge in [-0.05, 0) is 11.6 Å². The quantitative estimate of drug-likeness (QED) is 0.598. The Morgan fingerprint density at radius 3 is 2.87 bits per heavy atom. The van der Waals surface area contributed by atoms with Crippen molar-refractivity contribution in [1.82, 2.24) is 20.1 Å². The average molecular weight is 444 g/mol. The van der Waals surface area contributed by atoms with Gasteiger partial charge in [-0.25, -0.2) is 4.98 Å². The highest BCUT2D eigenvalue weighted by Crippen LogP contribution is 2.26. The fourth-order valence-electron chi connectivity index (χ4n) is 3.19. The predicted molar refractivity (Wildman–Crippen MR) is 120 cm³/mol. The minimum Gasteiger partial charge on any atom is -0.379 e. The molecule has 2 aromatic heterocycles. The zero-order chi connectivity index (χ0) is 20.9. The van der Waals surface area contributed by atoms with Crippen molar-refractivity contribution in [2.24, 2.45) is 0 Å². The second kappa shape index (κ2) is 9.74. The largest absolute Gasteiger partial charge is 0.379 e. The normalized spacial score (nSPS) is 14.9. The van der Waals surface area contributed by atoms with Gasteiger partial charge in [-0.15, -0.1) is 21.5 Å². The fourth-order valence-corrected chi connectivity index (χ4v) is 4.77. The van der Waals surface area contributed by atoms with Gasteiger partial charge in [0.1, 0.15) is 10.0 Å². The maximum absolute atomic E-state index is 12.4. The van der Waals surface area contributed by atoms with Gasteiger partial charge in [0, 0.05) is 36.5 Å². The van der Waals surface area contributed by atoms with E-state index in [2.05, 4.69) is 63.5 Å². The van der Waals surface area contributed by atoms with Gasteiger partial charge in [0.15, 0.2) is 0 Å². The number of hydrogen-bond donors (Lipinski definition) is 1. The lowest BCUT2D eigenvalue weighted by molar-refractivity contribution is -0.115. The van der Waals surface area contributed by atoms with Crippen LogP contribution in [0.2, 0.25) is 0 Å². The van der Waals surface area contributed by atoms with Crippen molar-refractivity contribution in [3.63, 3.8) is 0 Å². The molecule has 1 fully saturated rings. The number of rotatable bonds is 7. The third kappa shape index (κ3) is 5.48. The number of anilines is 1. The Labute approximate surface area is 184 Å². The summed E-state index contributed by atoms with van der Waals surface area (Å²) in [7, 11) is 0. The first-order chi connectivity index (χ1) is 14.6. The van der Waals surface area contributed by atoms with Crippen molar-refractivity contribution >= 4 is 33.7 Å². The molecule has 1 aliphatic heterocycles. The van der Waals surface area contributed by atoms with Gasteiger partial charge in [0.05, 0.1) is 25.3 Å². The van der Waals surface area contributed by atoms with Crippen LogP contribution in [0.3, 0.4) is 0 Å². The van der Waals surface area contributed by atoms with Gasteiger partial charge in [-0.1, -0.05) is 43.4 Å². The van der Waals surface area contributed by atoms with E-state index in [4.69, 9.17) is 4.74 Å². The standard InChI is InChI=1S/C21H25N5O2S2/c1-14(2)19-24-25-21(30-19)23-18(27)11-17-13-29-20(22-17)16-5-3-4-15(10-16)12-26-6-8-28-9-7-26/h3-5,10,13-14H,6-9,11-12H2,1-2H3,(H,23,25,27). The molecule has 0 unspecified atom stereocenters. The first-order valence-corrected chi connectivity index (χ1v) is 11.7. The Morgan fingerprint density at radius 1 is 1.27 bits per heavy atom. The predicted octanol–water partition coefficient (Wildman–Crippen LogP) is 3.80. The number of aromatic nitrogens is 3. The third-order valence-electron chi connectivity index (χ3n) is 4.76. The molecule has 9 heteroatoms. The van der Waals surface area contributed by atoms with Crippen molar-refractivity contribution < 1.29 is 9.53 Å². The Bertz CT molecular complexity index is 995. The summed E-state index contributed by atoms with van der Waals surface area (Å²) in [6, 6.07) is 8.47. The minimum absolute atomic E-state index is 0.126. The Hall–Kier alpha value is -2.20. The van der Waals surface area contributed by atoms with E-state index in [0.717, 1.165) is 54.1 Å². The summed E-state index contributed by atoms with van der Waals surface area (Å²) in [5, 5.41) is 15.3. The number of carbonyl (C=O) groups excluding carboxylic acids is 1. The molecule has 1 saturated heterocycles. The number of nitrogens with one attached hydrogen (secondary N) is 1. The molecule has 0 radical (unpaired) electrons. The molecule has 1 aromatic carbocycles. The van der Waals surface area contributed by atoms with Crippen LogP contribution in [0.15, 0.2) is 29.6 Å². The van der Waals surface area contributed by atoms with Crippen LogP contribution in [-0.4, -0.2) is 52.3 Å². The number of nitrogens with zero attached hydrogens (tertiary/aromatic N) is 4. The Morgan fingerprint density at radius 2 is 2.10 bits per heavy atom. The van der Waals surface area contributed by atoms with Gasteiger partial charge in [-0.2, -0.15) is 0 Å². The van der Waals surface area contributed by atoms with E-state index in [1.807, 2.05) is 5.38 Å². The van der Waals surface area contributed by atoms with E-state index in [-0.39, 0.29) is 12.3 Å². The summed E-state index contributed by atoms with van der Waals surface area (Å²) in [5.74, 6) is 0.174. The van der Waals surface area contributed by atoms with Crippen LogP contribution in [0.1, 0.15) is 36.0 Å². The van der Waals surface area contributed by atoms with Gasteiger partial charge in [-0.3, -0.25) is 9.69 Å². The van der Waals surface area contributed by atoms with Crippen molar-refractivity contribution in [2.75, 3.05) is 31.6 Å². The Balaban J connectivity index is 1.37. The highest BCUT2D eigenvalue weighted by atomic mass is 32.1. The lowest BCUT2D eigenvalue weighted by Crippen LogP contribution is -2.35. The molecular formula is C21H25N5O2S2. The molecule has 30 heavy (non-hydrogen) atoms. The second-order valence-corrected chi connectivity index (χ2v) is 9.43. The second-order valence-electron chi connectivity index (χ2n) is 7.56. The van der Waals surface area contributed by atoms with Crippen molar-refractivity contribution in [1.29, 1.82) is 0 Å². The van der Waals surface area contributed by atoms with Gasteiger partial charge in [0.2, 0.25) is 11.0 Å². The van der Waals surface area contributed by atoms with Crippen LogP contribution in [-0.2, 0) is 22.5 Å². The number of carbonyl (C=O) groups is 1. The first-order valence-electron chi connectivity index (χ1n) is 10.0. The molecule has 0 atom stereocenters. The van der Waals surface area contributed by atoms with Gasteiger partial charge >= 0.3 is 0 Å². The van der Waals surface area contributed by atoms with Crippen LogP contribution >= 0.6 is 22.7 Å². The van der Waals surface area contributed by atoms with Crippen molar-refractivity contribution in [3.8, 4) is 10.6 Å². The Kier molecular flexibility index (Phi) is 6.83. The van der Waals surface area contributed by atoms with Crippen LogP contribution in [0.4, 0.5) is 5.13 Å². The number of hydrogen-bond acceptors (Lipinski definition) is 8. The maximum Gasteiger partial charge on any atom is 0.232 e. The molecule has 1 aliphatic rings. The SMILES string of the molecule is CC(C)c1nnc(NC(=O)Cc2csc(-c3cccc(CN4CCOCC4)c3)n2)s1. The maximum atomic E-state index is 12.4. The highest BCUT2D eigenvalue weighted by molar-refractivity contribution is 7.15. The first kappa shape index (κ1) is 21.0. The number of benzene rings is 1. The third-order valence-corrected chi connectivity index (χ3v) is 6.84. The van der Waals surface area contributed by atoms with E-state index in [1.165, 1.54) is 16.9 Å². The monoisotopic (exact) mass is 443 g/mol. The van der Waals surface area contributed by atoms with E-state index in [1.54, 1.807) is 11.3 Å². The molecule has 0 bridgehead atoms. The topological polar surface area (TPSA) is 80.2 Å². The number of ether oxygens (including phenoxy) is 1. The van der Waals surface area contributed by atoms with Gasteiger partial charge in [0.25, 0.3) is 0 Å². The molecule has 0 spiro atoms. The van der Waals surface area contributed by atoms with E-state index in [0.29, 0.717) is 11.0 Å². The summed E-state index contributed by atoms with van der Waals surface area (Å²) < 4.78 is 5.42. The molecular weight excluding hydrogens is 418 g/mol. The van der Waals surface area contributed by atoms with E-state index >= 15 is 0 Å². The van der Waals surface area contributed by atoms with Crippen molar-refractivity contribution in [2.45, 2.75) is 32.7 Å². The molecule has 0 aliphatic carbocycles. The summed E-state index contributed by atoms with van der Waals surface area (Å²) >= 11 is 2.98. The molecule has 4 rings (SSSR count). The smallest absolute Gasteiger partial charge is 0.232 e. The van der Waals surface area contributed by atoms with Crippen LogP contribution in [0.5, 0.6) is 0 Å². The highest BCUT2D eigenvalue weighted by Gasteiger charge is 2.14. The van der Waals surface area contributed by atoms with Crippen LogP contribution in [0, 0.1) is 0 Å². The summed E-state index contributed by atoms with van der Waals surface area (Å²) in [6.45, 7) is 8.55. The molecule has 1 amide bonds. The van der Waals surface area contributed by atoms with E-state index < -0.39 is 0 Å². The molecule has 1 N–H and O–H groups in total. The summed E-state index contributed by atoms with van der Waals surface area (Å²) in [4.78, 5) is 19.4. The van der Waals surface area contributed by atoms with Crippen LogP contribution < -0.4 is 5.32 Å². The van der Waals surface area contributed by atoms with Crippen LogP contribution in [0.25, 0.3) is 10.6 Å². The zero-order valence-corrected chi connectivity index (χ0v) is 18.8. The molecule has 0 saturated carbocycles. The zero-order valence-electron chi connectivity index (χ0n) is 17.1. The number of thiazole rings is 1. The number of morpholine rings is 1. The minimum atomic E-state index is -0.126. The fraction of sp³-hybridized carbons (Fsp3) is 0.429. The lowest BCUT2D eigenvalue weighted by atomic mass is 10.1. The molecule has 7 nitrogen and oxygen atoms in total.